The first kappa shape index (κ1) is 17.4. The third kappa shape index (κ3) is 3.13. The number of fused-ring (bicyclic) bond motifs is 1. The monoisotopic (exact) mass is 381 g/mol. The van der Waals surface area contributed by atoms with Crippen molar-refractivity contribution in [2.45, 2.75) is 12.3 Å². The summed E-state index contributed by atoms with van der Waals surface area (Å²) in [6.07, 6.45) is 0.363. The van der Waals surface area contributed by atoms with E-state index < -0.39 is 0 Å². The Kier molecular flexibility index (Phi) is 4.49. The van der Waals surface area contributed by atoms with Crippen molar-refractivity contribution >= 4 is 22.9 Å². The minimum atomic E-state index is -0.0697. The molecule has 2 aromatic carbocycles. The van der Waals surface area contributed by atoms with Crippen LogP contribution in [0.2, 0.25) is 0 Å². The summed E-state index contributed by atoms with van der Waals surface area (Å²) >= 11 is 1.61. The molecule has 27 heavy (non-hydrogen) atoms. The molecule has 0 fully saturated rings. The third-order valence-corrected chi connectivity index (χ3v) is 5.85. The summed E-state index contributed by atoms with van der Waals surface area (Å²) in [5.74, 6) is 1.40. The smallest absolute Gasteiger partial charge is 0.225 e. The van der Waals surface area contributed by atoms with Crippen molar-refractivity contribution in [3.63, 3.8) is 0 Å². The summed E-state index contributed by atoms with van der Waals surface area (Å²) in [5.41, 5.74) is 3.67. The summed E-state index contributed by atoms with van der Waals surface area (Å²) in [4.78, 5) is 13.5. The second-order valence-electron chi connectivity index (χ2n) is 6.36. The Hall–Kier alpha value is -2.99. The number of anilines is 1. The standard InChI is InChI=1S/C21H19NO4S/c1-25-17-7-6-13(9-18(17)26-2)16-11-27-21-15(10-19(24)22-20(16)21)12-4-3-5-14(23)8-12/h3-9,11,15,23H,10H2,1-2H3,(H,22,24). The molecule has 1 unspecified atom stereocenters. The fourth-order valence-corrected chi connectivity index (χ4v) is 4.62. The number of thiophene rings is 1. The van der Waals surface area contributed by atoms with Crippen molar-refractivity contribution in [1.82, 2.24) is 0 Å². The molecule has 1 aromatic heterocycles. The number of phenolic OH excluding ortho intramolecular Hbond substituents is 1. The van der Waals surface area contributed by atoms with Gasteiger partial charge in [-0.15, -0.1) is 11.3 Å². The van der Waals surface area contributed by atoms with Crippen LogP contribution in [0.25, 0.3) is 11.1 Å². The molecule has 138 valence electrons. The van der Waals surface area contributed by atoms with Gasteiger partial charge in [0.15, 0.2) is 11.5 Å². The van der Waals surface area contributed by atoms with Gasteiger partial charge >= 0.3 is 0 Å². The number of rotatable bonds is 4. The van der Waals surface area contributed by atoms with Crippen LogP contribution in [-0.2, 0) is 4.79 Å². The number of ether oxygens (including phenoxy) is 2. The highest BCUT2D eigenvalue weighted by atomic mass is 32.1. The molecule has 1 aliphatic rings. The van der Waals surface area contributed by atoms with Gasteiger partial charge in [-0.2, -0.15) is 0 Å². The second-order valence-corrected chi connectivity index (χ2v) is 7.27. The molecule has 6 heteroatoms. The number of hydrogen-bond acceptors (Lipinski definition) is 5. The molecule has 3 aromatic rings. The minimum absolute atomic E-state index is 0.0315. The summed E-state index contributed by atoms with van der Waals surface area (Å²) in [5, 5.41) is 14.9. The van der Waals surface area contributed by atoms with Crippen LogP contribution in [0.15, 0.2) is 47.8 Å². The lowest BCUT2D eigenvalue weighted by Gasteiger charge is -2.24. The van der Waals surface area contributed by atoms with Gasteiger partial charge in [-0.05, 0) is 35.4 Å². The number of carbonyl (C=O) groups excluding carboxylic acids is 1. The average Bonchev–Trinajstić information content (AvgIpc) is 3.10. The lowest BCUT2D eigenvalue weighted by atomic mass is 9.89. The molecule has 0 saturated carbocycles. The van der Waals surface area contributed by atoms with Crippen LogP contribution in [-0.4, -0.2) is 25.2 Å². The quantitative estimate of drug-likeness (QED) is 0.692. The number of phenols is 1. The highest BCUT2D eigenvalue weighted by molar-refractivity contribution is 7.11. The lowest BCUT2D eigenvalue weighted by molar-refractivity contribution is -0.116. The maximum absolute atomic E-state index is 12.4. The normalized spacial score (nSPS) is 15.8. The molecule has 0 spiro atoms. The Labute approximate surface area is 161 Å². The summed E-state index contributed by atoms with van der Waals surface area (Å²) < 4.78 is 10.7. The number of hydrogen-bond donors (Lipinski definition) is 2. The van der Waals surface area contributed by atoms with Gasteiger partial charge in [0.05, 0.1) is 19.9 Å². The zero-order valence-corrected chi connectivity index (χ0v) is 15.8. The van der Waals surface area contributed by atoms with Crippen molar-refractivity contribution in [3.05, 3.63) is 58.3 Å². The van der Waals surface area contributed by atoms with Crippen molar-refractivity contribution in [1.29, 1.82) is 0 Å². The van der Waals surface area contributed by atoms with Gasteiger partial charge in [0, 0.05) is 28.2 Å². The Morgan fingerprint density at radius 1 is 1.11 bits per heavy atom. The molecule has 0 bridgehead atoms. The molecular weight excluding hydrogens is 362 g/mol. The number of nitrogens with one attached hydrogen (secondary N) is 1. The van der Waals surface area contributed by atoms with Crippen LogP contribution in [0.4, 0.5) is 5.69 Å². The number of aromatic hydroxyl groups is 1. The van der Waals surface area contributed by atoms with Crippen molar-refractivity contribution < 1.29 is 19.4 Å². The van der Waals surface area contributed by atoms with Gasteiger partial charge in [-0.3, -0.25) is 4.79 Å². The number of amides is 1. The second kappa shape index (κ2) is 6.96. The van der Waals surface area contributed by atoms with Crippen molar-refractivity contribution in [2.24, 2.45) is 0 Å². The van der Waals surface area contributed by atoms with E-state index in [1.54, 1.807) is 43.8 Å². The van der Waals surface area contributed by atoms with E-state index in [-0.39, 0.29) is 17.6 Å². The molecule has 1 atom stereocenters. The minimum Gasteiger partial charge on any atom is -0.508 e. The zero-order chi connectivity index (χ0) is 19.0. The fraction of sp³-hybridized carbons (Fsp3) is 0.190. The highest BCUT2D eigenvalue weighted by Gasteiger charge is 2.30. The molecule has 2 N–H and O–H groups in total. The van der Waals surface area contributed by atoms with Crippen LogP contribution in [0.3, 0.4) is 0 Å². The average molecular weight is 381 g/mol. The molecule has 1 aliphatic heterocycles. The highest BCUT2D eigenvalue weighted by Crippen LogP contribution is 2.47. The first-order chi connectivity index (χ1) is 13.1. The molecule has 5 nitrogen and oxygen atoms in total. The number of methoxy groups -OCH3 is 2. The van der Waals surface area contributed by atoms with Gasteiger partial charge in [-0.25, -0.2) is 0 Å². The summed E-state index contributed by atoms with van der Waals surface area (Å²) in [6, 6.07) is 12.8. The Morgan fingerprint density at radius 3 is 2.67 bits per heavy atom. The molecule has 0 aliphatic carbocycles. The van der Waals surface area contributed by atoms with Crippen molar-refractivity contribution in [2.75, 3.05) is 19.5 Å². The van der Waals surface area contributed by atoms with Crippen LogP contribution >= 0.6 is 11.3 Å². The lowest BCUT2D eigenvalue weighted by Crippen LogP contribution is -2.22. The summed E-state index contributed by atoms with van der Waals surface area (Å²) in [7, 11) is 3.20. The largest absolute Gasteiger partial charge is 0.508 e. The van der Waals surface area contributed by atoms with Crippen LogP contribution in [0.5, 0.6) is 17.2 Å². The van der Waals surface area contributed by atoms with E-state index in [9.17, 15) is 9.90 Å². The van der Waals surface area contributed by atoms with Gasteiger partial charge in [0.1, 0.15) is 5.75 Å². The van der Waals surface area contributed by atoms with Crippen molar-refractivity contribution in [3.8, 4) is 28.4 Å². The van der Waals surface area contributed by atoms with E-state index >= 15 is 0 Å². The molecule has 4 rings (SSSR count). The summed E-state index contributed by atoms with van der Waals surface area (Å²) in [6.45, 7) is 0. The van der Waals surface area contributed by atoms with Gasteiger partial charge < -0.3 is 19.9 Å². The topological polar surface area (TPSA) is 67.8 Å². The third-order valence-electron chi connectivity index (χ3n) is 4.76. The predicted octanol–water partition coefficient (Wildman–Crippen LogP) is 4.61. The Morgan fingerprint density at radius 2 is 1.93 bits per heavy atom. The van der Waals surface area contributed by atoms with E-state index in [4.69, 9.17) is 9.47 Å². The van der Waals surface area contributed by atoms with E-state index in [0.717, 1.165) is 27.3 Å². The Bertz CT molecular complexity index is 1010. The SMILES string of the molecule is COc1ccc(-c2csc3c2NC(=O)CC3c2cccc(O)c2)cc1OC. The van der Waals surface area contributed by atoms with Crippen LogP contribution in [0, 0.1) is 0 Å². The molecule has 2 heterocycles. The first-order valence-electron chi connectivity index (χ1n) is 8.53. The maximum Gasteiger partial charge on any atom is 0.225 e. The van der Waals surface area contributed by atoms with E-state index in [1.165, 1.54) is 0 Å². The maximum atomic E-state index is 12.4. The molecule has 1 amide bonds. The molecular formula is C21H19NO4S. The Balaban J connectivity index is 1.80. The van der Waals surface area contributed by atoms with Gasteiger partial charge in [0.2, 0.25) is 5.91 Å². The van der Waals surface area contributed by atoms with Gasteiger partial charge in [-0.1, -0.05) is 18.2 Å². The van der Waals surface area contributed by atoms with E-state index in [2.05, 4.69) is 5.32 Å². The molecule has 0 radical (unpaired) electrons. The van der Waals surface area contributed by atoms with Crippen LogP contribution < -0.4 is 14.8 Å². The zero-order valence-electron chi connectivity index (χ0n) is 15.0. The first-order valence-corrected chi connectivity index (χ1v) is 9.41. The van der Waals surface area contributed by atoms with Gasteiger partial charge in [0.25, 0.3) is 0 Å². The van der Waals surface area contributed by atoms with Crippen LogP contribution in [0.1, 0.15) is 22.8 Å². The van der Waals surface area contributed by atoms with E-state index in [1.807, 2.05) is 29.6 Å². The predicted molar refractivity (Wildman–Crippen MR) is 106 cm³/mol. The fourth-order valence-electron chi connectivity index (χ4n) is 3.45. The van der Waals surface area contributed by atoms with E-state index in [0.29, 0.717) is 17.9 Å². The number of carbonyl (C=O) groups is 1. The number of benzene rings is 2. The molecule has 0 saturated heterocycles.